The second-order valence-corrected chi connectivity index (χ2v) is 26.4. The molecule has 1 aromatic heterocycles. The largest absolute Gasteiger partial charge is 0.394 e. The molecule has 516 valence electrons. The Morgan fingerprint density at radius 2 is 1.42 bits per heavy atom. The van der Waals surface area contributed by atoms with Crippen molar-refractivity contribution in [2.45, 2.75) is 157 Å². The number of anilines is 1. The third-order valence-corrected chi connectivity index (χ3v) is 19.1. The first-order valence-electron chi connectivity index (χ1n) is 31.3. The van der Waals surface area contributed by atoms with Gasteiger partial charge in [-0.2, -0.15) is 11.8 Å². The number of carbonyl (C=O) groups is 14. The summed E-state index contributed by atoms with van der Waals surface area (Å²) < 4.78 is 0. The molecule has 14 amide bonds. The topological polar surface area (TPSA) is 454 Å². The van der Waals surface area contributed by atoms with Crippen molar-refractivity contribution in [3.05, 3.63) is 59.7 Å². The molecule has 15 N–H and O–H groups in total. The average molecular weight is 1360 g/mol. The molecule has 2 fully saturated rings. The van der Waals surface area contributed by atoms with Gasteiger partial charge in [-0.3, -0.25) is 72.0 Å². The van der Waals surface area contributed by atoms with E-state index in [1.54, 1.807) is 70.3 Å². The molecule has 0 aliphatic carbocycles. The minimum absolute atomic E-state index is 0.0409. The molecule has 31 nitrogen and oxygen atoms in total. The fraction of sp³-hybridized carbons (Fsp3) is 0.548. The molecule has 2 unspecified atom stereocenters. The number of rotatable bonds is 19. The van der Waals surface area contributed by atoms with Crippen LogP contribution in [0.15, 0.2) is 53.6 Å². The first-order chi connectivity index (χ1) is 45.1. The Hall–Kier alpha value is -8.66. The number of thioether (sulfide) groups is 2. The van der Waals surface area contributed by atoms with Gasteiger partial charge in [-0.15, -0.1) is 11.8 Å². The second kappa shape index (κ2) is 33.6. The summed E-state index contributed by atoms with van der Waals surface area (Å²) in [5, 5.41) is 61.1. The lowest BCUT2D eigenvalue weighted by molar-refractivity contribution is -0.144. The lowest BCUT2D eigenvalue weighted by atomic mass is 9.93. The Morgan fingerprint density at radius 3 is 2.08 bits per heavy atom. The average Bonchev–Trinajstić information content (AvgIpc) is 1.77. The summed E-state index contributed by atoms with van der Waals surface area (Å²) in [5.74, 6) is -13.6. The summed E-state index contributed by atoms with van der Waals surface area (Å²) in [6, 6.07) is 1.22. The quantitative estimate of drug-likeness (QED) is 0.0522. The van der Waals surface area contributed by atoms with Crippen LogP contribution in [0.5, 0.6) is 0 Å². The first-order valence-corrected chi connectivity index (χ1v) is 33.6. The number of para-hydroxylation sites is 1. The minimum Gasteiger partial charge on any atom is -0.394 e. The Bertz CT molecular complexity index is 3410. The van der Waals surface area contributed by atoms with Crippen molar-refractivity contribution in [2.75, 3.05) is 50.1 Å². The molecule has 4 aliphatic heterocycles. The number of benzene rings is 2. The van der Waals surface area contributed by atoms with Crippen LogP contribution in [-0.4, -0.2) is 223 Å². The SMILES string of the molecule is CC[C@H](C)[C@@H]1NC(=O)CNC(=O)[C@@H]2Cc3c([nH]c4ccccc34)SC[C@H](NC(=O)CNC1=O)C(=O)N[C@@H](CC(=O)NCc1ccc(NC(=O)[C@H](C)NC(=O)C(NC(=O)CCN3C(=O)CC(SC)C3=O)C(C)C)cc1)C(=O)N1C[C@H](O)C[C@H]1C(=O)N[C@@H]([C@@H](C)[C@@H](O)CO)C(=O)N2. The van der Waals surface area contributed by atoms with Gasteiger partial charge < -0.3 is 83.7 Å². The van der Waals surface area contributed by atoms with Crippen molar-refractivity contribution in [1.29, 1.82) is 0 Å². The van der Waals surface area contributed by atoms with Gasteiger partial charge >= 0.3 is 0 Å². The molecule has 3 aromatic rings. The monoisotopic (exact) mass is 1360 g/mol. The van der Waals surface area contributed by atoms with Crippen LogP contribution < -0.4 is 58.5 Å². The van der Waals surface area contributed by atoms with Crippen molar-refractivity contribution in [2.24, 2.45) is 17.8 Å². The van der Waals surface area contributed by atoms with Gasteiger partial charge in [0.15, 0.2) is 0 Å². The molecule has 0 saturated carbocycles. The normalized spacial score (nSPS) is 24.5. The van der Waals surface area contributed by atoms with E-state index >= 15 is 4.79 Å². The minimum atomic E-state index is -1.84. The van der Waals surface area contributed by atoms with Crippen LogP contribution >= 0.6 is 23.5 Å². The van der Waals surface area contributed by atoms with E-state index in [2.05, 4.69) is 63.5 Å². The predicted molar refractivity (Wildman–Crippen MR) is 345 cm³/mol. The van der Waals surface area contributed by atoms with Gasteiger partial charge in [-0.05, 0) is 54.3 Å². The molecule has 7 rings (SSSR count). The number of amides is 14. The van der Waals surface area contributed by atoms with Crippen molar-refractivity contribution < 1.29 is 82.4 Å². The highest BCUT2D eigenvalue weighted by molar-refractivity contribution is 8.00. The van der Waals surface area contributed by atoms with Crippen LogP contribution in [0.4, 0.5) is 5.69 Å². The highest BCUT2D eigenvalue weighted by Crippen LogP contribution is 2.32. The summed E-state index contributed by atoms with van der Waals surface area (Å²) >= 11 is 2.23. The summed E-state index contributed by atoms with van der Waals surface area (Å²) in [5.41, 5.74) is 1.69. The van der Waals surface area contributed by atoms with Crippen LogP contribution in [0.25, 0.3) is 10.9 Å². The molecule has 0 radical (unpaired) electrons. The molecular formula is C62H84N14O17S2. The number of fused-ring (bicyclic) bond motifs is 5. The number of imide groups is 1. The maximum Gasteiger partial charge on any atom is 0.246 e. The lowest BCUT2D eigenvalue weighted by Gasteiger charge is -2.33. The van der Waals surface area contributed by atoms with Gasteiger partial charge in [0.2, 0.25) is 82.7 Å². The summed E-state index contributed by atoms with van der Waals surface area (Å²) in [4.78, 5) is 199. The molecule has 2 saturated heterocycles. The van der Waals surface area contributed by atoms with E-state index in [1.807, 2.05) is 0 Å². The molecule has 2 bridgehead atoms. The molecule has 5 heterocycles. The highest BCUT2D eigenvalue weighted by atomic mass is 32.2. The van der Waals surface area contributed by atoms with Gasteiger partial charge in [-0.1, -0.05) is 71.4 Å². The predicted octanol–water partition coefficient (Wildman–Crippen LogP) is -3.35. The number of carbonyl (C=O) groups excluding carboxylic acids is 14. The van der Waals surface area contributed by atoms with Crippen molar-refractivity contribution in [3.8, 4) is 0 Å². The van der Waals surface area contributed by atoms with Gasteiger partial charge in [0.05, 0.1) is 48.6 Å². The number of hydrogen-bond donors (Lipinski definition) is 15. The van der Waals surface area contributed by atoms with Crippen LogP contribution in [0.1, 0.15) is 84.8 Å². The zero-order valence-electron chi connectivity index (χ0n) is 53.7. The number of aliphatic hydroxyl groups is 3. The zero-order chi connectivity index (χ0) is 69.5. The number of likely N-dealkylation sites (tertiary alicyclic amines) is 1. The Balaban J connectivity index is 1.13. The first kappa shape index (κ1) is 73.7. The second-order valence-electron chi connectivity index (χ2n) is 24.3. The maximum absolute atomic E-state index is 15.0. The van der Waals surface area contributed by atoms with Crippen LogP contribution in [0.3, 0.4) is 0 Å². The van der Waals surface area contributed by atoms with Gasteiger partial charge in [0.1, 0.15) is 48.3 Å². The van der Waals surface area contributed by atoms with E-state index in [-0.39, 0.29) is 55.6 Å². The van der Waals surface area contributed by atoms with E-state index in [0.29, 0.717) is 33.5 Å². The number of aromatic amines is 1. The zero-order valence-corrected chi connectivity index (χ0v) is 55.3. The number of nitrogens with one attached hydrogen (secondary N) is 12. The number of nitrogens with zero attached hydrogens (tertiary/aromatic N) is 2. The van der Waals surface area contributed by atoms with Crippen LogP contribution in [0.2, 0.25) is 0 Å². The number of aliphatic hydroxyl groups excluding tert-OH is 3. The molecule has 13 atom stereocenters. The summed E-state index contributed by atoms with van der Waals surface area (Å²) in [7, 11) is 0. The molecule has 33 heteroatoms. The Labute approximate surface area is 555 Å². The van der Waals surface area contributed by atoms with Crippen LogP contribution in [-0.2, 0) is 80.1 Å². The molecule has 4 aliphatic rings. The number of aromatic nitrogens is 1. The molecule has 2 aromatic carbocycles. The van der Waals surface area contributed by atoms with E-state index in [0.717, 1.165) is 21.6 Å². The number of hydrogen-bond acceptors (Lipinski definition) is 19. The Kier molecular flexibility index (Phi) is 26.1. The molecule has 0 spiro atoms. The fourth-order valence-electron chi connectivity index (χ4n) is 11.2. The Morgan fingerprint density at radius 1 is 0.737 bits per heavy atom. The van der Waals surface area contributed by atoms with E-state index < -0.39 is 194 Å². The van der Waals surface area contributed by atoms with E-state index in [4.69, 9.17) is 0 Å². The fourth-order valence-corrected chi connectivity index (χ4v) is 12.9. The molecular weight excluding hydrogens is 1280 g/mol. The van der Waals surface area contributed by atoms with E-state index in [1.165, 1.54) is 37.7 Å². The van der Waals surface area contributed by atoms with Crippen molar-refractivity contribution in [1.82, 2.24) is 68.0 Å². The third-order valence-electron chi connectivity index (χ3n) is 17.1. The standard InChI is InChI=1S/C62H84N14O17S2/c1-8-30(4)51-57(89)65-24-47(82)68-41-28-95-60-37(36-11-9-10-12-38(36)71-60)20-39(54(86)64-25-48(83)73-51)69-59(91)52(31(5)43(79)27-77)74-56(88)42-19-35(78)26-76(42)61(92)40(70-55(41)87)21-46(81)63-23-33-13-15-34(16-14-33)67-53(85)32(6)66-58(90)50(29(2)3)72-45(80)17-18-75-49(84)22-44(94-7)62(75)93/h9-16,29-32,35,39-44,50-52,71,77-79H,8,17-28H2,1-7H3,(H,63,81)(H,64,86)(H,65,89)(H,66,90)(H,67,85)(H,68,82)(H,69,91)(H,70,87)(H,72,80)(H,73,83)(H,74,88)/t30-,31-,32-,35+,39-,40-,41-,42-,43-,44?,50?,51-,52-/m0/s1. The summed E-state index contributed by atoms with van der Waals surface area (Å²) in [6.45, 7) is 6.41. The molecule has 95 heavy (non-hydrogen) atoms. The van der Waals surface area contributed by atoms with Gasteiger partial charge in [0, 0.05) is 73.6 Å². The van der Waals surface area contributed by atoms with Gasteiger partial charge in [-0.25, -0.2) is 0 Å². The van der Waals surface area contributed by atoms with Crippen molar-refractivity contribution in [3.63, 3.8) is 0 Å². The lowest BCUT2D eigenvalue weighted by Crippen LogP contribution is -2.62. The highest BCUT2D eigenvalue weighted by Gasteiger charge is 2.46. The maximum atomic E-state index is 15.0. The van der Waals surface area contributed by atoms with E-state index in [9.17, 15) is 77.6 Å². The van der Waals surface area contributed by atoms with Crippen LogP contribution in [0, 0.1) is 17.8 Å². The summed E-state index contributed by atoms with van der Waals surface area (Å²) in [6.07, 6.45) is -2.70. The number of H-pyrrole nitrogens is 1. The third kappa shape index (κ3) is 19.3. The van der Waals surface area contributed by atoms with Gasteiger partial charge in [0.25, 0.3) is 0 Å². The smallest absolute Gasteiger partial charge is 0.246 e. The van der Waals surface area contributed by atoms with Crippen molar-refractivity contribution >= 4 is 123 Å².